The predicted molar refractivity (Wildman–Crippen MR) is 118 cm³/mol. The molecule has 4 rings (SSSR count). The Morgan fingerprint density at radius 3 is 2.70 bits per heavy atom. The average molecular weight is 404 g/mol. The van der Waals surface area contributed by atoms with Gasteiger partial charge in [-0.05, 0) is 81.6 Å². The van der Waals surface area contributed by atoms with Gasteiger partial charge in [-0.1, -0.05) is 12.1 Å². The van der Waals surface area contributed by atoms with E-state index in [4.69, 9.17) is 5.26 Å². The number of H-pyrrole nitrogens is 1. The van der Waals surface area contributed by atoms with Crippen molar-refractivity contribution in [3.05, 3.63) is 53.1 Å². The number of aromatic amines is 1. The van der Waals surface area contributed by atoms with Gasteiger partial charge in [-0.15, -0.1) is 0 Å². The summed E-state index contributed by atoms with van der Waals surface area (Å²) < 4.78 is 0. The molecule has 1 saturated heterocycles. The number of hydrogen-bond acceptors (Lipinski definition) is 4. The Hall–Kier alpha value is -2.91. The molecule has 1 aromatic heterocycles. The molecule has 156 valence electrons. The van der Waals surface area contributed by atoms with Gasteiger partial charge in [0.05, 0.1) is 6.20 Å². The maximum absolute atomic E-state index is 12.7. The minimum absolute atomic E-state index is 0.153. The van der Waals surface area contributed by atoms with Gasteiger partial charge in [0.25, 0.3) is 5.91 Å². The average Bonchev–Trinajstić information content (AvgIpc) is 3.23. The van der Waals surface area contributed by atoms with Gasteiger partial charge in [0.15, 0.2) is 5.82 Å². The third-order valence-electron chi connectivity index (χ3n) is 6.16. The van der Waals surface area contributed by atoms with Crippen molar-refractivity contribution in [2.75, 3.05) is 5.32 Å². The third-order valence-corrected chi connectivity index (χ3v) is 6.16. The van der Waals surface area contributed by atoms with E-state index in [0.717, 1.165) is 36.9 Å². The first-order valence-corrected chi connectivity index (χ1v) is 10.9. The van der Waals surface area contributed by atoms with E-state index in [9.17, 15) is 4.79 Å². The molecule has 0 unspecified atom stereocenters. The number of anilines is 1. The number of hydrogen-bond donors (Lipinski definition) is 3. The zero-order chi connectivity index (χ0) is 21.1. The fraction of sp³-hybridized carbons (Fsp3) is 0.458. The van der Waals surface area contributed by atoms with Crippen LogP contribution < -0.4 is 10.6 Å². The molecule has 1 aliphatic heterocycles. The summed E-state index contributed by atoms with van der Waals surface area (Å²) in [5, 5.41) is 15.6. The van der Waals surface area contributed by atoms with Crippen molar-refractivity contribution in [1.29, 1.82) is 5.26 Å². The lowest BCUT2D eigenvalue weighted by Crippen LogP contribution is -2.41. The maximum atomic E-state index is 12.7. The lowest BCUT2D eigenvalue weighted by molar-refractivity contribution is 0.101. The van der Waals surface area contributed by atoms with Crippen LogP contribution >= 0.6 is 0 Å². The van der Waals surface area contributed by atoms with E-state index >= 15 is 0 Å². The van der Waals surface area contributed by atoms with Gasteiger partial charge in [-0.2, -0.15) is 5.26 Å². The van der Waals surface area contributed by atoms with Crippen LogP contribution in [-0.2, 0) is 0 Å². The highest BCUT2D eigenvalue weighted by atomic mass is 16.2. The van der Waals surface area contributed by atoms with Crippen molar-refractivity contribution in [3.63, 3.8) is 0 Å². The molecule has 2 atom stereocenters. The number of benzene rings is 1. The summed E-state index contributed by atoms with van der Waals surface area (Å²) in [5.41, 5.74) is 4.86. The highest BCUT2D eigenvalue weighted by molar-refractivity contribution is 6.03. The molecule has 0 saturated carbocycles. The second kappa shape index (κ2) is 8.85. The van der Waals surface area contributed by atoms with Crippen molar-refractivity contribution < 1.29 is 4.79 Å². The molecule has 6 nitrogen and oxygen atoms in total. The Kier molecular flexibility index (Phi) is 6.01. The molecule has 1 amide bonds. The van der Waals surface area contributed by atoms with E-state index in [1.165, 1.54) is 30.2 Å². The predicted octanol–water partition coefficient (Wildman–Crippen LogP) is 4.74. The Morgan fingerprint density at radius 1 is 1.23 bits per heavy atom. The molecule has 2 aliphatic rings. The van der Waals surface area contributed by atoms with Crippen LogP contribution in [0.15, 0.2) is 30.5 Å². The molecule has 2 aromatic rings. The fourth-order valence-corrected chi connectivity index (χ4v) is 4.79. The van der Waals surface area contributed by atoms with Crippen LogP contribution in [0, 0.1) is 11.3 Å². The number of aromatic nitrogens is 2. The first-order chi connectivity index (χ1) is 14.5. The summed E-state index contributed by atoms with van der Waals surface area (Å²) in [6.07, 6.45) is 10.4. The largest absolute Gasteiger partial charge is 0.326 e. The fourth-order valence-electron chi connectivity index (χ4n) is 4.79. The first-order valence-electron chi connectivity index (χ1n) is 10.9. The van der Waals surface area contributed by atoms with Crippen LogP contribution in [-0.4, -0.2) is 28.0 Å². The lowest BCUT2D eigenvalue weighted by atomic mass is 9.82. The molecule has 2 heterocycles. The van der Waals surface area contributed by atoms with Crippen molar-refractivity contribution in [2.24, 2.45) is 0 Å². The topological polar surface area (TPSA) is 93.6 Å². The molecule has 6 heteroatoms. The number of amides is 1. The van der Waals surface area contributed by atoms with Crippen molar-refractivity contribution in [1.82, 2.24) is 15.3 Å². The summed E-state index contributed by atoms with van der Waals surface area (Å²) >= 11 is 0. The van der Waals surface area contributed by atoms with E-state index < -0.39 is 0 Å². The molecule has 1 fully saturated rings. The van der Waals surface area contributed by atoms with Gasteiger partial charge in [0.2, 0.25) is 0 Å². The number of piperidine rings is 1. The van der Waals surface area contributed by atoms with E-state index in [0.29, 0.717) is 18.0 Å². The van der Waals surface area contributed by atoms with Crippen LogP contribution in [0.5, 0.6) is 0 Å². The summed E-state index contributed by atoms with van der Waals surface area (Å²) in [4.78, 5) is 19.5. The Morgan fingerprint density at radius 2 is 2.03 bits per heavy atom. The van der Waals surface area contributed by atoms with Crippen LogP contribution in [0.25, 0.3) is 5.57 Å². The number of carbonyl (C=O) groups excluding carboxylic acids is 1. The molecule has 1 aliphatic carbocycles. The maximum Gasteiger partial charge on any atom is 0.291 e. The van der Waals surface area contributed by atoms with Gasteiger partial charge in [0.1, 0.15) is 11.8 Å². The molecular formula is C24H29N5O. The minimum Gasteiger partial charge on any atom is -0.326 e. The standard InChI is InChI=1S/C24H29N5O/c1-15-10-19(11-16(2)27-15)18-8-9-22(21(12-18)17-6-4-3-5-7-17)29-24(30)23-26-14-20(13-25)28-23/h6,8-9,12,14-16,19,27H,3-5,7,10-11H2,1-2H3,(H,26,28)(H,29,30)/t15-,16-/m0/s1. The molecule has 30 heavy (non-hydrogen) atoms. The summed E-state index contributed by atoms with van der Waals surface area (Å²) in [7, 11) is 0. The number of nitrogens with zero attached hydrogens (tertiary/aromatic N) is 2. The van der Waals surface area contributed by atoms with Crippen molar-refractivity contribution in [3.8, 4) is 6.07 Å². The summed E-state index contributed by atoms with van der Waals surface area (Å²) in [6.45, 7) is 4.50. The Labute approximate surface area is 177 Å². The Balaban J connectivity index is 1.64. The van der Waals surface area contributed by atoms with E-state index in [2.05, 4.69) is 52.7 Å². The highest BCUT2D eigenvalue weighted by Gasteiger charge is 2.25. The number of nitriles is 1. The molecule has 1 aromatic carbocycles. The van der Waals surface area contributed by atoms with Gasteiger partial charge in [-0.3, -0.25) is 4.79 Å². The molecule has 0 spiro atoms. The Bertz CT molecular complexity index is 989. The van der Waals surface area contributed by atoms with Crippen molar-refractivity contribution >= 4 is 17.2 Å². The lowest BCUT2D eigenvalue weighted by Gasteiger charge is -2.33. The van der Waals surface area contributed by atoms with Gasteiger partial charge >= 0.3 is 0 Å². The first kappa shape index (κ1) is 20.4. The minimum atomic E-state index is -0.328. The second-order valence-electron chi connectivity index (χ2n) is 8.63. The van der Waals surface area contributed by atoms with Gasteiger partial charge < -0.3 is 15.6 Å². The van der Waals surface area contributed by atoms with Crippen LogP contribution in [0.2, 0.25) is 0 Å². The van der Waals surface area contributed by atoms with Crippen LogP contribution in [0.1, 0.15) is 85.7 Å². The van der Waals surface area contributed by atoms with E-state index in [1.54, 1.807) is 0 Å². The smallest absolute Gasteiger partial charge is 0.291 e. The van der Waals surface area contributed by atoms with E-state index in [1.807, 2.05) is 12.1 Å². The quantitative estimate of drug-likeness (QED) is 0.688. The van der Waals surface area contributed by atoms with Gasteiger partial charge in [0, 0.05) is 23.3 Å². The van der Waals surface area contributed by atoms with Gasteiger partial charge in [-0.25, -0.2) is 4.98 Å². The molecule has 0 radical (unpaired) electrons. The zero-order valence-electron chi connectivity index (χ0n) is 17.7. The third kappa shape index (κ3) is 4.47. The number of rotatable bonds is 4. The number of imidazole rings is 1. The zero-order valence-corrected chi connectivity index (χ0v) is 17.7. The summed E-state index contributed by atoms with van der Waals surface area (Å²) in [5.74, 6) is 0.346. The van der Waals surface area contributed by atoms with Crippen LogP contribution in [0.4, 0.5) is 5.69 Å². The number of carbonyl (C=O) groups is 1. The second-order valence-corrected chi connectivity index (χ2v) is 8.63. The molecular weight excluding hydrogens is 374 g/mol. The number of allylic oxidation sites excluding steroid dienone is 2. The summed E-state index contributed by atoms with van der Waals surface area (Å²) in [6, 6.07) is 9.44. The monoisotopic (exact) mass is 403 g/mol. The molecule has 3 N–H and O–H groups in total. The normalized spacial score (nSPS) is 24.0. The molecule has 0 bridgehead atoms. The van der Waals surface area contributed by atoms with Crippen LogP contribution in [0.3, 0.4) is 0 Å². The SMILES string of the molecule is C[C@H]1CC(c2ccc(NC(=O)c3ncc(C#N)[nH]3)c(C3=CCCCC3)c2)C[C@H](C)N1. The highest BCUT2D eigenvalue weighted by Crippen LogP contribution is 2.37. The van der Waals surface area contributed by atoms with Crippen molar-refractivity contribution in [2.45, 2.75) is 70.4 Å². The van der Waals surface area contributed by atoms with E-state index in [-0.39, 0.29) is 17.4 Å². The number of nitrogens with one attached hydrogen (secondary N) is 3.